The Morgan fingerprint density at radius 1 is 0.714 bits per heavy atom. The Balaban J connectivity index is 3.38. The zero-order chi connectivity index (χ0) is 16.0. The maximum Gasteiger partial charge on any atom is 0.150 e. The molecular weight excluding hydrogens is 284 g/mol. The number of hydrogen-bond donors (Lipinski definition) is 0. The minimum atomic E-state index is -2.94. The fraction of sp³-hybridized carbons (Fsp3) is 0.941. The molecule has 0 bridgehead atoms. The lowest BCUT2D eigenvalue weighted by atomic mass is 10.1. The quantitative estimate of drug-likeness (QED) is 0.411. The van der Waals surface area contributed by atoms with Crippen LogP contribution in [0, 0.1) is 0 Å². The monoisotopic (exact) mass is 318 g/mol. The van der Waals surface area contributed by atoms with E-state index in [1.54, 1.807) is 0 Å². The van der Waals surface area contributed by atoms with E-state index in [1.165, 1.54) is 51.9 Å². The van der Waals surface area contributed by atoms with Crippen molar-refractivity contribution in [2.24, 2.45) is 0 Å². The van der Waals surface area contributed by atoms with Crippen molar-refractivity contribution in [2.75, 3.05) is 11.5 Å². The molecule has 0 aliphatic carbocycles. The van der Waals surface area contributed by atoms with E-state index in [0.717, 1.165) is 19.3 Å². The van der Waals surface area contributed by atoms with Crippen LogP contribution in [0.25, 0.3) is 0 Å². The summed E-state index contributed by atoms with van der Waals surface area (Å²) in [7, 11) is -2.94. The van der Waals surface area contributed by atoms with Crippen LogP contribution in [0.4, 0.5) is 0 Å². The predicted molar refractivity (Wildman–Crippen MR) is 90.4 cm³/mol. The molecule has 0 atom stereocenters. The molecular formula is C17H34O3S. The van der Waals surface area contributed by atoms with Gasteiger partial charge in [0.2, 0.25) is 0 Å². The number of carbonyl (C=O) groups is 1. The molecule has 0 heterocycles. The second-order valence-corrected chi connectivity index (χ2v) is 8.44. The minimum absolute atomic E-state index is 0.0733. The van der Waals surface area contributed by atoms with Gasteiger partial charge in [0.05, 0.1) is 11.5 Å². The first-order valence-electron chi connectivity index (χ1n) is 8.68. The second kappa shape index (κ2) is 13.3. The van der Waals surface area contributed by atoms with Gasteiger partial charge in [-0.15, -0.1) is 0 Å². The lowest BCUT2D eigenvalue weighted by Gasteiger charge is -2.04. The van der Waals surface area contributed by atoms with Crippen LogP contribution in [0.2, 0.25) is 0 Å². The first-order valence-corrected chi connectivity index (χ1v) is 10.5. The van der Waals surface area contributed by atoms with Crippen molar-refractivity contribution < 1.29 is 13.2 Å². The Bertz CT molecular complexity index is 347. The van der Waals surface area contributed by atoms with Crippen LogP contribution in [0.1, 0.15) is 90.9 Å². The van der Waals surface area contributed by atoms with Gasteiger partial charge in [-0.1, -0.05) is 64.7 Å². The highest BCUT2D eigenvalue weighted by atomic mass is 32.2. The van der Waals surface area contributed by atoms with Crippen molar-refractivity contribution in [3.8, 4) is 0 Å². The van der Waals surface area contributed by atoms with Gasteiger partial charge in [0.1, 0.15) is 15.6 Å². The third-order valence-corrected chi connectivity index (χ3v) is 5.61. The van der Waals surface area contributed by atoms with Crippen LogP contribution in [0.3, 0.4) is 0 Å². The summed E-state index contributed by atoms with van der Waals surface area (Å²) < 4.78 is 23.5. The first-order chi connectivity index (χ1) is 9.98. The third-order valence-electron chi connectivity index (χ3n) is 3.79. The summed E-state index contributed by atoms with van der Waals surface area (Å²) in [6.45, 7) is 3.74. The molecule has 21 heavy (non-hydrogen) atoms. The first kappa shape index (κ1) is 20.6. The Labute approximate surface area is 131 Å². The average Bonchev–Trinajstić information content (AvgIpc) is 2.40. The van der Waals surface area contributed by atoms with E-state index < -0.39 is 9.84 Å². The summed E-state index contributed by atoms with van der Waals surface area (Å²) in [5, 5.41) is 0. The van der Waals surface area contributed by atoms with Crippen LogP contribution in [-0.4, -0.2) is 25.7 Å². The van der Waals surface area contributed by atoms with Gasteiger partial charge >= 0.3 is 0 Å². The van der Waals surface area contributed by atoms with Crippen molar-refractivity contribution in [1.29, 1.82) is 0 Å². The van der Waals surface area contributed by atoms with E-state index in [2.05, 4.69) is 6.92 Å². The fourth-order valence-corrected chi connectivity index (χ4v) is 3.88. The van der Waals surface area contributed by atoms with Gasteiger partial charge in [-0.05, 0) is 19.8 Å². The van der Waals surface area contributed by atoms with E-state index in [1.807, 2.05) is 0 Å². The van der Waals surface area contributed by atoms with Crippen molar-refractivity contribution in [2.45, 2.75) is 90.9 Å². The SMILES string of the molecule is CCCCCCCCCCCCS(=O)(=O)CCCC(C)=O. The molecule has 0 saturated carbocycles. The smallest absolute Gasteiger partial charge is 0.150 e. The van der Waals surface area contributed by atoms with Gasteiger partial charge in [0, 0.05) is 6.42 Å². The molecule has 0 unspecified atom stereocenters. The van der Waals surface area contributed by atoms with Crippen LogP contribution < -0.4 is 0 Å². The van der Waals surface area contributed by atoms with Crippen LogP contribution in [0.5, 0.6) is 0 Å². The molecule has 0 rings (SSSR count). The van der Waals surface area contributed by atoms with Crippen LogP contribution in [-0.2, 0) is 14.6 Å². The standard InChI is InChI=1S/C17H34O3S/c1-3-4-5-6-7-8-9-10-11-12-15-21(19,20)16-13-14-17(2)18/h3-16H2,1-2H3. The topological polar surface area (TPSA) is 51.2 Å². The number of carbonyl (C=O) groups excluding carboxylic acids is 1. The van der Waals surface area contributed by atoms with Crippen molar-refractivity contribution >= 4 is 15.6 Å². The fourth-order valence-electron chi connectivity index (χ4n) is 2.45. The molecule has 0 N–H and O–H groups in total. The Morgan fingerprint density at radius 3 is 1.62 bits per heavy atom. The number of ketones is 1. The highest BCUT2D eigenvalue weighted by Crippen LogP contribution is 2.11. The van der Waals surface area contributed by atoms with Crippen molar-refractivity contribution in [3.05, 3.63) is 0 Å². The van der Waals surface area contributed by atoms with E-state index >= 15 is 0 Å². The molecule has 0 aliphatic rings. The summed E-state index contributed by atoms with van der Waals surface area (Å²) in [5.41, 5.74) is 0. The molecule has 0 saturated heterocycles. The maximum absolute atomic E-state index is 11.7. The summed E-state index contributed by atoms with van der Waals surface area (Å²) >= 11 is 0. The van der Waals surface area contributed by atoms with Gasteiger partial charge in [-0.25, -0.2) is 8.42 Å². The number of rotatable bonds is 15. The third kappa shape index (κ3) is 15.8. The minimum Gasteiger partial charge on any atom is -0.300 e. The van der Waals surface area contributed by atoms with Crippen molar-refractivity contribution in [1.82, 2.24) is 0 Å². The molecule has 0 aliphatic heterocycles. The Hall–Kier alpha value is -0.380. The van der Waals surface area contributed by atoms with Gasteiger partial charge in [0.25, 0.3) is 0 Å². The van der Waals surface area contributed by atoms with E-state index in [0.29, 0.717) is 18.6 Å². The summed E-state index contributed by atoms with van der Waals surface area (Å²) in [4.78, 5) is 10.8. The van der Waals surface area contributed by atoms with E-state index in [4.69, 9.17) is 0 Å². The molecule has 0 radical (unpaired) electrons. The summed E-state index contributed by atoms with van der Waals surface area (Å²) in [6, 6.07) is 0. The lowest BCUT2D eigenvalue weighted by Crippen LogP contribution is -2.12. The van der Waals surface area contributed by atoms with E-state index in [-0.39, 0.29) is 11.5 Å². The molecule has 126 valence electrons. The molecule has 0 fully saturated rings. The Morgan fingerprint density at radius 2 is 1.14 bits per heavy atom. The largest absolute Gasteiger partial charge is 0.300 e. The van der Waals surface area contributed by atoms with Gasteiger partial charge in [-0.3, -0.25) is 0 Å². The van der Waals surface area contributed by atoms with Crippen molar-refractivity contribution in [3.63, 3.8) is 0 Å². The van der Waals surface area contributed by atoms with Crippen LogP contribution >= 0.6 is 0 Å². The predicted octanol–water partition coefficient (Wildman–Crippen LogP) is 4.69. The zero-order valence-corrected chi connectivity index (χ0v) is 14.8. The van der Waals surface area contributed by atoms with Crippen LogP contribution in [0.15, 0.2) is 0 Å². The second-order valence-electron chi connectivity index (χ2n) is 6.14. The molecule has 4 heteroatoms. The lowest BCUT2D eigenvalue weighted by molar-refractivity contribution is -0.117. The highest BCUT2D eigenvalue weighted by Gasteiger charge is 2.10. The number of hydrogen-bond acceptors (Lipinski definition) is 3. The Kier molecular flexibility index (Phi) is 13.1. The average molecular weight is 319 g/mol. The number of sulfone groups is 1. The molecule has 0 spiro atoms. The number of Topliss-reactive ketones (excluding diaryl/α,β-unsaturated/α-hetero) is 1. The van der Waals surface area contributed by atoms with Gasteiger partial charge < -0.3 is 4.79 Å². The molecule has 0 aromatic rings. The van der Waals surface area contributed by atoms with E-state index in [9.17, 15) is 13.2 Å². The molecule has 0 aromatic heterocycles. The molecule has 0 amide bonds. The molecule has 3 nitrogen and oxygen atoms in total. The van der Waals surface area contributed by atoms with Gasteiger partial charge in [-0.2, -0.15) is 0 Å². The van der Waals surface area contributed by atoms with Gasteiger partial charge in [0.15, 0.2) is 0 Å². The highest BCUT2D eigenvalue weighted by molar-refractivity contribution is 7.91. The maximum atomic E-state index is 11.7. The number of unbranched alkanes of at least 4 members (excludes halogenated alkanes) is 9. The zero-order valence-electron chi connectivity index (χ0n) is 14.0. The normalized spacial score (nSPS) is 11.7. The molecule has 0 aromatic carbocycles. The summed E-state index contributed by atoms with van der Waals surface area (Å²) in [6.07, 6.45) is 13.0. The summed E-state index contributed by atoms with van der Waals surface area (Å²) in [5.74, 6) is 0.537.